The van der Waals surface area contributed by atoms with Crippen molar-refractivity contribution in [1.29, 1.82) is 0 Å². The summed E-state index contributed by atoms with van der Waals surface area (Å²) in [4.78, 5) is 4.43. The van der Waals surface area contributed by atoms with E-state index in [0.29, 0.717) is 16.6 Å². The second-order valence-electron chi connectivity index (χ2n) is 3.78. The monoisotopic (exact) mass is 269 g/mol. The Bertz CT molecular complexity index is 535. The van der Waals surface area contributed by atoms with E-state index in [1.807, 2.05) is 23.8 Å². The van der Waals surface area contributed by atoms with Gasteiger partial charge >= 0.3 is 0 Å². The molecular formula is C12H13Cl2N3. The first-order valence-corrected chi connectivity index (χ1v) is 6.08. The van der Waals surface area contributed by atoms with E-state index in [4.69, 9.17) is 28.9 Å². The fraction of sp³-hybridized carbons (Fsp3) is 0.250. The summed E-state index contributed by atoms with van der Waals surface area (Å²) in [6.45, 7) is 2.51. The highest BCUT2D eigenvalue weighted by Gasteiger charge is 2.09. The van der Waals surface area contributed by atoms with Crippen molar-refractivity contribution >= 4 is 23.2 Å². The zero-order chi connectivity index (χ0) is 12.4. The van der Waals surface area contributed by atoms with Gasteiger partial charge in [0.15, 0.2) is 0 Å². The molecule has 2 N–H and O–H groups in total. The minimum absolute atomic E-state index is 0.583. The van der Waals surface area contributed by atoms with Crippen LogP contribution in [0.25, 0.3) is 5.69 Å². The van der Waals surface area contributed by atoms with Crippen molar-refractivity contribution in [2.75, 3.05) is 6.54 Å². The molecule has 0 saturated heterocycles. The fourth-order valence-corrected chi connectivity index (χ4v) is 2.09. The number of hydrogen-bond acceptors (Lipinski definition) is 2. The highest BCUT2D eigenvalue weighted by molar-refractivity contribution is 6.34. The van der Waals surface area contributed by atoms with Gasteiger partial charge in [0, 0.05) is 17.6 Å². The maximum absolute atomic E-state index is 6.16. The summed E-state index contributed by atoms with van der Waals surface area (Å²) in [6, 6.07) is 5.37. The Hall–Kier alpha value is -1.03. The van der Waals surface area contributed by atoms with Crippen LogP contribution in [0.5, 0.6) is 0 Å². The van der Waals surface area contributed by atoms with E-state index in [-0.39, 0.29) is 0 Å². The fourth-order valence-electron chi connectivity index (χ4n) is 1.72. The van der Waals surface area contributed by atoms with Gasteiger partial charge in [-0.2, -0.15) is 0 Å². The van der Waals surface area contributed by atoms with E-state index in [1.165, 1.54) is 0 Å². The second kappa shape index (κ2) is 5.08. The molecule has 90 valence electrons. The SMILES string of the molecule is Cc1nc(CCN)cn1-c1cc(Cl)ccc1Cl. The molecule has 0 aliphatic carbocycles. The largest absolute Gasteiger partial charge is 0.330 e. The number of nitrogens with two attached hydrogens (primary N) is 1. The van der Waals surface area contributed by atoms with Gasteiger partial charge in [0.25, 0.3) is 0 Å². The van der Waals surface area contributed by atoms with E-state index in [9.17, 15) is 0 Å². The highest BCUT2D eigenvalue weighted by Crippen LogP contribution is 2.25. The van der Waals surface area contributed by atoms with Crippen LogP contribution in [0, 0.1) is 6.92 Å². The molecule has 1 aromatic heterocycles. The lowest BCUT2D eigenvalue weighted by molar-refractivity contribution is 0.928. The molecule has 0 spiro atoms. The summed E-state index contributed by atoms with van der Waals surface area (Å²) >= 11 is 12.1. The van der Waals surface area contributed by atoms with Gasteiger partial charge in [-0.1, -0.05) is 23.2 Å². The maximum Gasteiger partial charge on any atom is 0.110 e. The van der Waals surface area contributed by atoms with Crippen LogP contribution >= 0.6 is 23.2 Å². The zero-order valence-electron chi connectivity index (χ0n) is 9.45. The lowest BCUT2D eigenvalue weighted by Gasteiger charge is -2.07. The Kier molecular flexibility index (Phi) is 3.72. The van der Waals surface area contributed by atoms with E-state index >= 15 is 0 Å². The third-order valence-corrected chi connectivity index (χ3v) is 3.06. The standard InChI is InChI=1S/C12H13Cl2N3/c1-8-16-10(4-5-15)7-17(8)12-6-9(13)2-3-11(12)14/h2-3,6-7H,4-5,15H2,1H3. The van der Waals surface area contributed by atoms with Crippen molar-refractivity contribution in [2.45, 2.75) is 13.3 Å². The number of aromatic nitrogens is 2. The van der Waals surface area contributed by atoms with Crippen LogP contribution in [-0.2, 0) is 6.42 Å². The Morgan fingerprint density at radius 3 is 2.82 bits per heavy atom. The molecule has 0 radical (unpaired) electrons. The summed E-state index contributed by atoms with van der Waals surface area (Å²) in [5.74, 6) is 0.873. The summed E-state index contributed by atoms with van der Waals surface area (Å²) in [5, 5.41) is 1.30. The molecule has 0 atom stereocenters. The molecule has 1 heterocycles. The molecule has 0 aliphatic heterocycles. The van der Waals surface area contributed by atoms with Gasteiger partial charge < -0.3 is 10.3 Å². The third-order valence-electron chi connectivity index (χ3n) is 2.50. The van der Waals surface area contributed by atoms with Gasteiger partial charge in [-0.15, -0.1) is 0 Å². The van der Waals surface area contributed by atoms with Crippen LogP contribution in [0.1, 0.15) is 11.5 Å². The van der Waals surface area contributed by atoms with Gasteiger partial charge in [0.1, 0.15) is 5.82 Å². The highest BCUT2D eigenvalue weighted by atomic mass is 35.5. The van der Waals surface area contributed by atoms with E-state index < -0.39 is 0 Å². The number of halogens is 2. The Labute approximate surface area is 110 Å². The van der Waals surface area contributed by atoms with Crippen molar-refractivity contribution in [1.82, 2.24) is 9.55 Å². The average Bonchev–Trinajstić information content (AvgIpc) is 2.64. The Morgan fingerprint density at radius 1 is 1.35 bits per heavy atom. The lowest BCUT2D eigenvalue weighted by atomic mass is 10.3. The topological polar surface area (TPSA) is 43.8 Å². The first-order valence-electron chi connectivity index (χ1n) is 5.32. The quantitative estimate of drug-likeness (QED) is 0.931. The number of aryl methyl sites for hydroxylation is 1. The number of imidazole rings is 1. The molecule has 2 aromatic rings. The van der Waals surface area contributed by atoms with Crippen LogP contribution in [0.2, 0.25) is 10.0 Å². The maximum atomic E-state index is 6.16. The Balaban J connectivity index is 2.48. The van der Waals surface area contributed by atoms with E-state index in [1.54, 1.807) is 12.1 Å². The molecule has 0 bridgehead atoms. The first kappa shape index (κ1) is 12.4. The normalized spacial score (nSPS) is 10.8. The van der Waals surface area contributed by atoms with Crippen LogP contribution in [0.15, 0.2) is 24.4 Å². The third kappa shape index (κ3) is 2.63. The van der Waals surface area contributed by atoms with E-state index in [2.05, 4.69) is 4.98 Å². The van der Waals surface area contributed by atoms with Crippen LogP contribution in [0.4, 0.5) is 0 Å². The van der Waals surface area contributed by atoms with E-state index in [0.717, 1.165) is 23.6 Å². The number of nitrogens with zero attached hydrogens (tertiary/aromatic N) is 2. The van der Waals surface area contributed by atoms with Crippen LogP contribution in [-0.4, -0.2) is 16.1 Å². The van der Waals surface area contributed by atoms with Gasteiger partial charge in [-0.05, 0) is 31.7 Å². The van der Waals surface area contributed by atoms with Crippen molar-refractivity contribution in [3.63, 3.8) is 0 Å². The van der Waals surface area contributed by atoms with Crippen LogP contribution < -0.4 is 5.73 Å². The number of hydrogen-bond donors (Lipinski definition) is 1. The Morgan fingerprint density at radius 2 is 2.12 bits per heavy atom. The molecule has 5 heteroatoms. The first-order chi connectivity index (χ1) is 8.11. The zero-order valence-corrected chi connectivity index (χ0v) is 11.0. The molecular weight excluding hydrogens is 257 g/mol. The molecule has 0 saturated carbocycles. The molecule has 17 heavy (non-hydrogen) atoms. The molecule has 0 aliphatic rings. The smallest absolute Gasteiger partial charge is 0.110 e. The van der Waals surface area contributed by atoms with Gasteiger partial charge in [-0.3, -0.25) is 0 Å². The predicted octanol–water partition coefficient (Wildman–Crippen LogP) is 2.99. The van der Waals surface area contributed by atoms with Gasteiger partial charge in [0.2, 0.25) is 0 Å². The number of rotatable bonds is 3. The number of benzene rings is 1. The van der Waals surface area contributed by atoms with Crippen molar-refractivity contribution < 1.29 is 0 Å². The summed E-state index contributed by atoms with van der Waals surface area (Å²) < 4.78 is 1.93. The van der Waals surface area contributed by atoms with Crippen molar-refractivity contribution in [3.05, 3.63) is 46.0 Å². The average molecular weight is 270 g/mol. The minimum Gasteiger partial charge on any atom is -0.330 e. The molecule has 0 unspecified atom stereocenters. The van der Waals surface area contributed by atoms with Crippen molar-refractivity contribution in [3.8, 4) is 5.69 Å². The molecule has 1 aromatic carbocycles. The minimum atomic E-state index is 0.583. The summed E-state index contributed by atoms with van der Waals surface area (Å²) in [6.07, 6.45) is 2.70. The van der Waals surface area contributed by atoms with Gasteiger partial charge in [0.05, 0.1) is 16.4 Å². The van der Waals surface area contributed by atoms with Crippen LogP contribution in [0.3, 0.4) is 0 Å². The molecule has 2 rings (SSSR count). The molecule has 3 nitrogen and oxygen atoms in total. The van der Waals surface area contributed by atoms with Crippen molar-refractivity contribution in [2.24, 2.45) is 5.73 Å². The molecule has 0 amide bonds. The van der Waals surface area contributed by atoms with Gasteiger partial charge in [-0.25, -0.2) is 4.98 Å². The summed E-state index contributed by atoms with van der Waals surface area (Å²) in [5.41, 5.74) is 7.32. The molecule has 0 fully saturated rings. The predicted molar refractivity (Wildman–Crippen MR) is 71.1 cm³/mol. The second-order valence-corrected chi connectivity index (χ2v) is 4.63. The summed E-state index contributed by atoms with van der Waals surface area (Å²) in [7, 11) is 0. The lowest BCUT2D eigenvalue weighted by Crippen LogP contribution is -2.02.